The Balaban J connectivity index is 1.57. The number of nitrogens with zero attached hydrogens (tertiary/aromatic N) is 3. The summed E-state index contributed by atoms with van der Waals surface area (Å²) >= 11 is 0. The second-order valence-electron chi connectivity index (χ2n) is 6.04. The number of rotatable bonds is 3. The van der Waals surface area contributed by atoms with Crippen molar-refractivity contribution in [3.8, 4) is 0 Å². The lowest BCUT2D eigenvalue weighted by atomic mass is 10.1. The molecule has 26 heavy (non-hydrogen) atoms. The van der Waals surface area contributed by atoms with Gasteiger partial charge in [0.15, 0.2) is 0 Å². The van der Waals surface area contributed by atoms with Crippen molar-refractivity contribution in [2.75, 3.05) is 31.1 Å². The first-order chi connectivity index (χ1) is 12.3. The highest BCUT2D eigenvalue weighted by Gasteiger charge is 2.31. The molecule has 1 saturated heterocycles. The molecule has 1 aromatic carbocycles. The number of hydrogen-bond donors (Lipinski definition) is 0. The molecule has 0 spiro atoms. The molecule has 2 aromatic rings. The van der Waals surface area contributed by atoms with Crippen LogP contribution in [0, 0.1) is 5.82 Å². The Morgan fingerprint density at radius 1 is 1.04 bits per heavy atom. The average molecular weight is 367 g/mol. The van der Waals surface area contributed by atoms with Crippen molar-refractivity contribution < 1.29 is 22.4 Å². The first-order valence-electron chi connectivity index (χ1n) is 8.14. The lowest BCUT2D eigenvalue weighted by molar-refractivity contribution is -0.137. The Labute approximate surface area is 148 Å². The van der Waals surface area contributed by atoms with E-state index in [1.54, 1.807) is 23.1 Å². The number of piperazine rings is 1. The molecule has 0 radical (unpaired) electrons. The predicted molar refractivity (Wildman–Crippen MR) is 88.1 cm³/mol. The van der Waals surface area contributed by atoms with Crippen LogP contribution in [0.2, 0.25) is 0 Å². The van der Waals surface area contributed by atoms with Gasteiger partial charge in [0, 0.05) is 32.4 Å². The van der Waals surface area contributed by atoms with E-state index in [1.165, 1.54) is 12.1 Å². The first-order valence-corrected chi connectivity index (χ1v) is 8.14. The number of pyridine rings is 1. The Morgan fingerprint density at radius 3 is 2.31 bits per heavy atom. The fraction of sp³-hybridized carbons (Fsp3) is 0.333. The number of aromatic nitrogens is 1. The number of benzene rings is 1. The number of halogens is 4. The van der Waals surface area contributed by atoms with E-state index in [9.17, 15) is 22.4 Å². The molecule has 0 bridgehead atoms. The fourth-order valence-electron chi connectivity index (χ4n) is 2.84. The number of amides is 1. The van der Waals surface area contributed by atoms with Gasteiger partial charge in [-0.25, -0.2) is 9.37 Å². The van der Waals surface area contributed by atoms with Crippen LogP contribution in [0.5, 0.6) is 0 Å². The molecule has 0 unspecified atom stereocenters. The van der Waals surface area contributed by atoms with Crippen molar-refractivity contribution in [1.82, 2.24) is 9.88 Å². The van der Waals surface area contributed by atoms with Gasteiger partial charge in [0.2, 0.25) is 5.91 Å². The van der Waals surface area contributed by atoms with Gasteiger partial charge in [-0.2, -0.15) is 13.2 Å². The van der Waals surface area contributed by atoms with Crippen LogP contribution in [0.25, 0.3) is 0 Å². The summed E-state index contributed by atoms with van der Waals surface area (Å²) in [6.07, 6.45) is -3.61. The fourth-order valence-corrected chi connectivity index (χ4v) is 2.84. The van der Waals surface area contributed by atoms with Crippen molar-refractivity contribution in [3.63, 3.8) is 0 Å². The molecule has 0 saturated carbocycles. The van der Waals surface area contributed by atoms with Crippen LogP contribution in [-0.4, -0.2) is 42.0 Å². The van der Waals surface area contributed by atoms with Crippen LogP contribution in [0.15, 0.2) is 42.6 Å². The van der Waals surface area contributed by atoms with Gasteiger partial charge in [0.1, 0.15) is 11.6 Å². The summed E-state index contributed by atoms with van der Waals surface area (Å²) in [5, 5.41) is 0. The van der Waals surface area contributed by atoms with E-state index in [2.05, 4.69) is 4.98 Å². The smallest absolute Gasteiger partial charge is 0.353 e. The molecule has 0 N–H and O–H groups in total. The van der Waals surface area contributed by atoms with Gasteiger partial charge < -0.3 is 9.80 Å². The molecule has 2 heterocycles. The molecule has 3 rings (SSSR count). The molecule has 1 aliphatic rings. The van der Waals surface area contributed by atoms with E-state index >= 15 is 0 Å². The number of hydrogen-bond acceptors (Lipinski definition) is 3. The number of carbonyl (C=O) groups excluding carboxylic acids is 1. The van der Waals surface area contributed by atoms with Crippen molar-refractivity contribution in [2.24, 2.45) is 0 Å². The Kier molecular flexibility index (Phi) is 5.11. The maximum absolute atomic E-state index is 13.6. The minimum atomic E-state index is -4.41. The molecule has 8 heteroatoms. The lowest BCUT2D eigenvalue weighted by Crippen LogP contribution is -2.49. The Morgan fingerprint density at radius 2 is 1.73 bits per heavy atom. The third kappa shape index (κ3) is 4.12. The van der Waals surface area contributed by atoms with E-state index in [1.807, 2.05) is 4.90 Å². The van der Waals surface area contributed by atoms with E-state index < -0.39 is 17.6 Å². The highest BCUT2D eigenvalue weighted by atomic mass is 19.4. The summed E-state index contributed by atoms with van der Waals surface area (Å²) < 4.78 is 51.4. The minimum absolute atomic E-state index is 0.00873. The van der Waals surface area contributed by atoms with Gasteiger partial charge >= 0.3 is 6.18 Å². The largest absolute Gasteiger partial charge is 0.417 e. The monoisotopic (exact) mass is 367 g/mol. The predicted octanol–water partition coefficient (Wildman–Crippen LogP) is 3.13. The second kappa shape index (κ2) is 7.31. The van der Waals surface area contributed by atoms with Crippen molar-refractivity contribution in [3.05, 3.63) is 59.5 Å². The van der Waals surface area contributed by atoms with Crippen LogP contribution < -0.4 is 4.90 Å². The van der Waals surface area contributed by atoms with Gasteiger partial charge in [0.25, 0.3) is 0 Å². The van der Waals surface area contributed by atoms with Gasteiger partial charge in [0.05, 0.1) is 12.0 Å². The second-order valence-corrected chi connectivity index (χ2v) is 6.04. The molecular formula is C18H17F4N3O. The third-order valence-corrected chi connectivity index (χ3v) is 4.33. The third-order valence-electron chi connectivity index (χ3n) is 4.33. The summed E-state index contributed by atoms with van der Waals surface area (Å²) in [4.78, 5) is 19.6. The topological polar surface area (TPSA) is 36.4 Å². The molecule has 138 valence electrons. The van der Waals surface area contributed by atoms with Crippen LogP contribution in [0.3, 0.4) is 0 Å². The number of anilines is 1. The summed E-state index contributed by atoms with van der Waals surface area (Å²) in [6.45, 7) is 1.74. The summed E-state index contributed by atoms with van der Waals surface area (Å²) in [7, 11) is 0. The highest BCUT2D eigenvalue weighted by molar-refractivity contribution is 5.79. The number of carbonyl (C=O) groups is 1. The van der Waals surface area contributed by atoms with E-state index in [0.29, 0.717) is 37.6 Å². The van der Waals surface area contributed by atoms with Crippen molar-refractivity contribution >= 4 is 11.7 Å². The van der Waals surface area contributed by atoms with Gasteiger partial charge in [-0.15, -0.1) is 0 Å². The van der Waals surface area contributed by atoms with Crippen molar-refractivity contribution in [1.29, 1.82) is 0 Å². The van der Waals surface area contributed by atoms with Crippen molar-refractivity contribution in [2.45, 2.75) is 12.6 Å². The van der Waals surface area contributed by atoms with Gasteiger partial charge in [-0.05, 0) is 23.8 Å². The summed E-state index contributed by atoms with van der Waals surface area (Å²) in [5.74, 6) is -0.136. The molecule has 1 fully saturated rings. The van der Waals surface area contributed by atoms with Crippen LogP contribution >= 0.6 is 0 Å². The minimum Gasteiger partial charge on any atom is -0.353 e. The SMILES string of the molecule is O=C(Cc1ccccc1F)N1CCN(c2ccc(C(F)(F)F)cn2)CC1. The average Bonchev–Trinajstić information content (AvgIpc) is 2.63. The Bertz CT molecular complexity index is 769. The normalized spacial score (nSPS) is 15.2. The van der Waals surface area contributed by atoms with Crippen LogP contribution in [-0.2, 0) is 17.4 Å². The summed E-state index contributed by atoms with van der Waals surface area (Å²) in [6, 6.07) is 8.48. The van der Waals surface area contributed by atoms with Crippen LogP contribution in [0.4, 0.5) is 23.4 Å². The molecule has 0 atom stereocenters. The number of alkyl halides is 3. The van der Waals surface area contributed by atoms with Gasteiger partial charge in [-0.3, -0.25) is 4.79 Å². The lowest BCUT2D eigenvalue weighted by Gasteiger charge is -2.35. The maximum atomic E-state index is 13.6. The quantitative estimate of drug-likeness (QED) is 0.782. The molecule has 0 aliphatic carbocycles. The Hall–Kier alpha value is -2.64. The van der Waals surface area contributed by atoms with Gasteiger partial charge in [-0.1, -0.05) is 18.2 Å². The maximum Gasteiger partial charge on any atom is 0.417 e. The molecule has 1 aliphatic heterocycles. The molecule has 1 amide bonds. The zero-order valence-corrected chi connectivity index (χ0v) is 13.8. The zero-order chi connectivity index (χ0) is 18.7. The van der Waals surface area contributed by atoms with E-state index in [0.717, 1.165) is 12.3 Å². The van der Waals surface area contributed by atoms with E-state index in [-0.39, 0.29) is 12.3 Å². The first kappa shape index (κ1) is 18.2. The molecular weight excluding hydrogens is 350 g/mol. The van der Waals surface area contributed by atoms with Crippen LogP contribution in [0.1, 0.15) is 11.1 Å². The zero-order valence-electron chi connectivity index (χ0n) is 13.8. The molecule has 4 nitrogen and oxygen atoms in total. The molecule has 1 aromatic heterocycles. The highest BCUT2D eigenvalue weighted by Crippen LogP contribution is 2.29. The summed E-state index contributed by atoms with van der Waals surface area (Å²) in [5.41, 5.74) is -0.440. The standard InChI is InChI=1S/C18H17F4N3O/c19-15-4-2-1-3-13(15)11-17(26)25-9-7-24(8-10-25)16-6-5-14(12-23-16)18(20,21)22/h1-6,12H,7-11H2. The van der Waals surface area contributed by atoms with E-state index in [4.69, 9.17) is 0 Å².